The fourth-order valence-corrected chi connectivity index (χ4v) is 2.19. The van der Waals surface area contributed by atoms with Gasteiger partial charge in [0, 0.05) is 17.3 Å². The number of halogens is 1. The molecule has 2 aromatic carbocycles. The average Bonchev–Trinajstić information content (AvgIpc) is 3.13. The molecule has 1 amide bonds. The molecule has 0 fully saturated rings. The van der Waals surface area contributed by atoms with Gasteiger partial charge in [-0.3, -0.25) is 4.79 Å². The van der Waals surface area contributed by atoms with E-state index in [0.717, 1.165) is 5.56 Å². The molecular weight excluding hydrogens is 368 g/mol. The highest BCUT2D eigenvalue weighted by Gasteiger charge is 2.14. The summed E-state index contributed by atoms with van der Waals surface area (Å²) < 4.78 is 5.23. The maximum absolute atomic E-state index is 12.2. The Hall–Kier alpha value is -3.83. The molecule has 5 N–H and O–H groups in total. The van der Waals surface area contributed by atoms with Gasteiger partial charge in [0.25, 0.3) is 5.91 Å². The summed E-state index contributed by atoms with van der Waals surface area (Å²) in [5.74, 6) is -0.00719. The summed E-state index contributed by atoms with van der Waals surface area (Å²) in [5.41, 5.74) is 13.2. The van der Waals surface area contributed by atoms with E-state index in [2.05, 4.69) is 15.5 Å². The van der Waals surface area contributed by atoms with Crippen LogP contribution in [0.15, 0.2) is 64.1 Å². The summed E-state index contributed by atoms with van der Waals surface area (Å²) in [6.45, 7) is 0. The van der Waals surface area contributed by atoms with Gasteiger partial charge in [-0.1, -0.05) is 5.16 Å². The number of carbonyl (C=O) groups is 1. The van der Waals surface area contributed by atoms with E-state index in [-0.39, 0.29) is 24.1 Å². The summed E-state index contributed by atoms with van der Waals surface area (Å²) in [6.07, 6.45) is 0. The first-order valence-electron chi connectivity index (χ1n) is 7.53. The molecule has 0 aliphatic carbocycles. The van der Waals surface area contributed by atoms with Crippen LogP contribution < -0.4 is 16.8 Å². The van der Waals surface area contributed by atoms with Crippen molar-refractivity contribution in [1.82, 2.24) is 5.16 Å². The zero-order chi connectivity index (χ0) is 18.5. The van der Waals surface area contributed by atoms with E-state index in [0.29, 0.717) is 22.7 Å². The highest BCUT2D eigenvalue weighted by molar-refractivity contribution is 6.03. The standard InChI is InChI=1S/C18H14N6O2.ClH/c19-10-11-1-5-13(6-2-11)22-17(25)15-9-16(26-24-15)12-3-7-14(8-4-12)23-18(20)21;/h1-9H,(H,22,25)(H4,20,21,23);1H. The van der Waals surface area contributed by atoms with Crippen LogP contribution >= 0.6 is 12.4 Å². The second-order valence-corrected chi connectivity index (χ2v) is 5.30. The number of carbonyl (C=O) groups excluding carboxylic acids is 1. The minimum absolute atomic E-state index is 0. The van der Waals surface area contributed by atoms with Crippen molar-refractivity contribution in [3.63, 3.8) is 0 Å². The Bertz CT molecular complexity index is 1000. The Labute approximate surface area is 160 Å². The van der Waals surface area contributed by atoms with Gasteiger partial charge in [-0.2, -0.15) is 5.26 Å². The minimum Gasteiger partial charge on any atom is -0.370 e. The van der Waals surface area contributed by atoms with Crippen LogP contribution in [0.25, 0.3) is 11.3 Å². The Morgan fingerprint density at radius 3 is 2.37 bits per heavy atom. The number of anilines is 1. The quantitative estimate of drug-likeness (QED) is 0.467. The first kappa shape index (κ1) is 19.5. The number of amides is 1. The van der Waals surface area contributed by atoms with Gasteiger partial charge < -0.3 is 21.3 Å². The smallest absolute Gasteiger partial charge is 0.277 e. The lowest BCUT2D eigenvalue weighted by molar-refractivity contribution is 0.101. The van der Waals surface area contributed by atoms with Gasteiger partial charge in [0.15, 0.2) is 17.4 Å². The van der Waals surface area contributed by atoms with Gasteiger partial charge in [0.2, 0.25) is 0 Å². The largest absolute Gasteiger partial charge is 0.370 e. The predicted octanol–water partition coefficient (Wildman–Crippen LogP) is 2.79. The number of nitrogens with one attached hydrogen (secondary N) is 1. The van der Waals surface area contributed by atoms with Crippen molar-refractivity contribution in [1.29, 1.82) is 5.26 Å². The maximum atomic E-state index is 12.2. The van der Waals surface area contributed by atoms with Crippen molar-refractivity contribution >= 4 is 35.6 Å². The lowest BCUT2D eigenvalue weighted by Gasteiger charge is -2.01. The number of aliphatic imine (C=N–C) groups is 1. The molecule has 3 aromatic rings. The lowest BCUT2D eigenvalue weighted by Crippen LogP contribution is -2.21. The molecule has 0 saturated carbocycles. The second-order valence-electron chi connectivity index (χ2n) is 5.30. The molecule has 8 nitrogen and oxygen atoms in total. The third kappa shape index (κ3) is 4.84. The Balaban J connectivity index is 0.00000261. The van der Waals surface area contributed by atoms with Crippen LogP contribution in [0.3, 0.4) is 0 Å². The van der Waals surface area contributed by atoms with Crippen LogP contribution in [0.1, 0.15) is 16.1 Å². The average molecular weight is 383 g/mol. The minimum atomic E-state index is -0.415. The Morgan fingerprint density at radius 2 is 1.78 bits per heavy atom. The van der Waals surface area contributed by atoms with Crippen molar-refractivity contribution in [2.24, 2.45) is 16.5 Å². The lowest BCUT2D eigenvalue weighted by atomic mass is 10.1. The van der Waals surface area contributed by atoms with E-state index in [1.165, 1.54) is 6.07 Å². The van der Waals surface area contributed by atoms with Crippen molar-refractivity contribution < 1.29 is 9.32 Å². The van der Waals surface area contributed by atoms with Crippen molar-refractivity contribution in [3.8, 4) is 17.4 Å². The number of nitriles is 1. The molecule has 136 valence electrons. The summed E-state index contributed by atoms with van der Waals surface area (Å²) in [6, 6.07) is 17.0. The van der Waals surface area contributed by atoms with Crippen LogP contribution in [0.5, 0.6) is 0 Å². The molecule has 1 heterocycles. The number of benzene rings is 2. The number of guanidine groups is 1. The first-order valence-corrected chi connectivity index (χ1v) is 7.53. The monoisotopic (exact) mass is 382 g/mol. The number of aromatic nitrogens is 1. The van der Waals surface area contributed by atoms with Crippen molar-refractivity contribution in [2.45, 2.75) is 0 Å². The fourth-order valence-electron chi connectivity index (χ4n) is 2.19. The molecule has 0 radical (unpaired) electrons. The van der Waals surface area contributed by atoms with E-state index >= 15 is 0 Å². The SMILES string of the molecule is Cl.N#Cc1ccc(NC(=O)c2cc(-c3ccc(N=C(N)N)cc3)on2)cc1. The number of nitrogens with zero attached hydrogens (tertiary/aromatic N) is 3. The molecule has 0 atom stereocenters. The number of hydrogen-bond acceptors (Lipinski definition) is 5. The number of nitrogens with two attached hydrogens (primary N) is 2. The van der Waals surface area contributed by atoms with Crippen LogP contribution in [0, 0.1) is 11.3 Å². The molecule has 27 heavy (non-hydrogen) atoms. The van der Waals surface area contributed by atoms with E-state index in [1.54, 1.807) is 48.5 Å². The van der Waals surface area contributed by atoms with Gasteiger partial charge in [0.05, 0.1) is 17.3 Å². The predicted molar refractivity (Wildman–Crippen MR) is 104 cm³/mol. The zero-order valence-electron chi connectivity index (χ0n) is 13.9. The van der Waals surface area contributed by atoms with Gasteiger partial charge in [-0.05, 0) is 48.5 Å². The molecule has 3 rings (SSSR count). The third-order valence-corrected chi connectivity index (χ3v) is 3.42. The van der Waals surface area contributed by atoms with E-state index in [9.17, 15) is 4.79 Å². The molecule has 0 bridgehead atoms. The summed E-state index contributed by atoms with van der Waals surface area (Å²) in [5, 5.41) is 15.3. The van der Waals surface area contributed by atoms with Gasteiger partial charge >= 0.3 is 0 Å². The normalized spacial score (nSPS) is 9.59. The van der Waals surface area contributed by atoms with Gasteiger partial charge in [-0.15, -0.1) is 12.4 Å². The van der Waals surface area contributed by atoms with Crippen molar-refractivity contribution in [3.05, 3.63) is 65.9 Å². The van der Waals surface area contributed by atoms with Crippen LogP contribution in [0.2, 0.25) is 0 Å². The summed E-state index contributed by atoms with van der Waals surface area (Å²) in [4.78, 5) is 16.2. The van der Waals surface area contributed by atoms with Crippen molar-refractivity contribution in [2.75, 3.05) is 5.32 Å². The van der Waals surface area contributed by atoms with Crippen LogP contribution in [-0.4, -0.2) is 17.0 Å². The molecule has 0 aliphatic heterocycles. The summed E-state index contributed by atoms with van der Waals surface area (Å²) in [7, 11) is 0. The Kier molecular flexibility index (Phi) is 6.14. The van der Waals surface area contributed by atoms with E-state index in [1.807, 2.05) is 6.07 Å². The van der Waals surface area contributed by atoms with E-state index in [4.69, 9.17) is 21.3 Å². The zero-order valence-corrected chi connectivity index (χ0v) is 14.7. The molecule has 1 aromatic heterocycles. The molecule has 9 heteroatoms. The molecule has 0 aliphatic rings. The second kappa shape index (κ2) is 8.51. The summed E-state index contributed by atoms with van der Waals surface area (Å²) >= 11 is 0. The molecule has 0 spiro atoms. The first-order chi connectivity index (χ1) is 12.5. The fraction of sp³-hybridized carbons (Fsp3) is 0. The molecular formula is C18H15ClN6O2. The number of hydrogen-bond donors (Lipinski definition) is 3. The highest BCUT2D eigenvalue weighted by atomic mass is 35.5. The topological polar surface area (TPSA) is 143 Å². The molecule has 0 saturated heterocycles. The molecule has 0 unspecified atom stereocenters. The third-order valence-electron chi connectivity index (χ3n) is 3.42. The van der Waals surface area contributed by atoms with E-state index < -0.39 is 5.91 Å². The van der Waals surface area contributed by atoms with Gasteiger partial charge in [-0.25, -0.2) is 4.99 Å². The highest BCUT2D eigenvalue weighted by Crippen LogP contribution is 2.23. The number of rotatable bonds is 4. The van der Waals surface area contributed by atoms with Gasteiger partial charge in [0.1, 0.15) is 0 Å². The van der Waals surface area contributed by atoms with Crippen LogP contribution in [0.4, 0.5) is 11.4 Å². The van der Waals surface area contributed by atoms with Crippen LogP contribution in [-0.2, 0) is 0 Å². The Morgan fingerprint density at radius 1 is 1.11 bits per heavy atom. The maximum Gasteiger partial charge on any atom is 0.277 e.